The summed E-state index contributed by atoms with van der Waals surface area (Å²) in [4.78, 5) is 19.6. The molecule has 0 bridgehead atoms. The van der Waals surface area contributed by atoms with Gasteiger partial charge in [-0.1, -0.05) is 18.2 Å². The number of fused-ring (bicyclic) bond motifs is 1. The van der Waals surface area contributed by atoms with Gasteiger partial charge in [0.2, 0.25) is 0 Å². The van der Waals surface area contributed by atoms with Crippen molar-refractivity contribution in [2.45, 2.75) is 13.8 Å². The number of para-hydroxylation sites is 1. The number of ether oxygens (including phenoxy) is 1. The van der Waals surface area contributed by atoms with Crippen LogP contribution in [-0.2, 0) is 0 Å². The van der Waals surface area contributed by atoms with Crippen LogP contribution >= 0.6 is 0 Å². The van der Waals surface area contributed by atoms with Gasteiger partial charge in [0.05, 0.1) is 23.6 Å². The average molecular weight is 280 g/mol. The van der Waals surface area contributed by atoms with Crippen LogP contribution in [0.3, 0.4) is 0 Å². The van der Waals surface area contributed by atoms with Crippen molar-refractivity contribution in [3.8, 4) is 17.1 Å². The van der Waals surface area contributed by atoms with Crippen molar-refractivity contribution in [2.75, 3.05) is 7.11 Å². The minimum Gasteiger partial charge on any atom is -0.496 e. The number of benzene rings is 2. The molecule has 0 radical (unpaired) electrons. The van der Waals surface area contributed by atoms with Gasteiger partial charge in [-0.05, 0) is 43.2 Å². The topological polar surface area (TPSA) is 55.0 Å². The smallest absolute Gasteiger partial charge is 0.259 e. The Hall–Kier alpha value is -2.62. The highest BCUT2D eigenvalue weighted by molar-refractivity contribution is 5.80. The first-order chi connectivity index (χ1) is 10.1. The first-order valence-electron chi connectivity index (χ1n) is 6.75. The second-order valence-corrected chi connectivity index (χ2v) is 5.09. The van der Waals surface area contributed by atoms with E-state index in [1.165, 1.54) is 0 Å². The van der Waals surface area contributed by atoms with E-state index < -0.39 is 0 Å². The lowest BCUT2D eigenvalue weighted by molar-refractivity contribution is 0.413. The maximum atomic E-state index is 12.2. The third-order valence-electron chi connectivity index (χ3n) is 3.49. The molecule has 106 valence electrons. The number of aryl methyl sites for hydroxylation is 2. The van der Waals surface area contributed by atoms with Crippen LogP contribution < -0.4 is 10.3 Å². The van der Waals surface area contributed by atoms with Crippen LogP contribution in [-0.4, -0.2) is 17.1 Å². The minimum absolute atomic E-state index is 0.142. The number of aromatic amines is 1. The van der Waals surface area contributed by atoms with Crippen LogP contribution in [0, 0.1) is 13.8 Å². The van der Waals surface area contributed by atoms with Crippen molar-refractivity contribution in [3.63, 3.8) is 0 Å². The number of methoxy groups -OCH3 is 1. The standard InChI is InChI=1S/C17H16N2O2/c1-10-8-11(2)15(21-3)13(9-10)16-18-14-7-5-4-6-12(14)17(20)19-16/h4-9H,1-3H3,(H,18,19,20). The van der Waals surface area contributed by atoms with Gasteiger partial charge in [-0.2, -0.15) is 0 Å². The Labute approximate surface area is 122 Å². The van der Waals surface area contributed by atoms with Gasteiger partial charge in [-0.3, -0.25) is 4.79 Å². The summed E-state index contributed by atoms with van der Waals surface area (Å²) in [5.41, 5.74) is 3.45. The molecule has 0 atom stereocenters. The fourth-order valence-electron chi connectivity index (χ4n) is 2.62. The summed E-state index contributed by atoms with van der Waals surface area (Å²) >= 11 is 0. The van der Waals surface area contributed by atoms with Crippen LogP contribution in [0.2, 0.25) is 0 Å². The number of hydrogen-bond acceptors (Lipinski definition) is 3. The van der Waals surface area contributed by atoms with E-state index in [2.05, 4.69) is 9.97 Å². The highest BCUT2D eigenvalue weighted by Gasteiger charge is 2.13. The van der Waals surface area contributed by atoms with Crippen molar-refractivity contribution in [1.29, 1.82) is 0 Å². The predicted molar refractivity (Wildman–Crippen MR) is 83.8 cm³/mol. The van der Waals surface area contributed by atoms with E-state index >= 15 is 0 Å². The van der Waals surface area contributed by atoms with Crippen LogP contribution in [0.5, 0.6) is 5.75 Å². The number of nitrogens with one attached hydrogen (secondary N) is 1. The Morgan fingerprint density at radius 2 is 1.90 bits per heavy atom. The van der Waals surface area contributed by atoms with Gasteiger partial charge in [0, 0.05) is 0 Å². The zero-order chi connectivity index (χ0) is 15.0. The Morgan fingerprint density at radius 3 is 2.67 bits per heavy atom. The molecule has 0 saturated heterocycles. The molecule has 0 saturated carbocycles. The third kappa shape index (κ3) is 2.29. The average Bonchev–Trinajstić information content (AvgIpc) is 2.46. The summed E-state index contributed by atoms with van der Waals surface area (Å²) in [6, 6.07) is 11.3. The minimum atomic E-state index is -0.142. The molecule has 0 aliphatic carbocycles. The lowest BCUT2D eigenvalue weighted by Crippen LogP contribution is -2.10. The van der Waals surface area contributed by atoms with Crippen molar-refractivity contribution >= 4 is 10.9 Å². The summed E-state index contributed by atoms with van der Waals surface area (Å²) in [6.07, 6.45) is 0. The van der Waals surface area contributed by atoms with E-state index in [0.717, 1.165) is 22.4 Å². The van der Waals surface area contributed by atoms with Crippen LogP contribution in [0.1, 0.15) is 11.1 Å². The van der Waals surface area contributed by atoms with E-state index in [-0.39, 0.29) is 5.56 Å². The number of hydrogen-bond donors (Lipinski definition) is 1. The summed E-state index contributed by atoms with van der Waals surface area (Å²) in [6.45, 7) is 3.99. The van der Waals surface area contributed by atoms with E-state index in [4.69, 9.17) is 4.74 Å². The van der Waals surface area contributed by atoms with Gasteiger partial charge >= 0.3 is 0 Å². The molecule has 0 amide bonds. The second-order valence-electron chi connectivity index (χ2n) is 5.09. The maximum Gasteiger partial charge on any atom is 0.259 e. The third-order valence-corrected chi connectivity index (χ3v) is 3.49. The molecule has 21 heavy (non-hydrogen) atoms. The fourth-order valence-corrected chi connectivity index (χ4v) is 2.62. The molecule has 0 aliphatic heterocycles. The monoisotopic (exact) mass is 280 g/mol. The van der Waals surface area contributed by atoms with Gasteiger partial charge in [0.1, 0.15) is 11.6 Å². The lowest BCUT2D eigenvalue weighted by atomic mass is 10.0. The normalized spacial score (nSPS) is 10.8. The zero-order valence-corrected chi connectivity index (χ0v) is 12.2. The quantitative estimate of drug-likeness (QED) is 0.784. The highest BCUT2D eigenvalue weighted by atomic mass is 16.5. The maximum absolute atomic E-state index is 12.2. The predicted octanol–water partition coefficient (Wildman–Crippen LogP) is 3.22. The first kappa shape index (κ1) is 13.4. The summed E-state index contributed by atoms with van der Waals surface area (Å²) < 4.78 is 5.48. The summed E-state index contributed by atoms with van der Waals surface area (Å²) in [5.74, 6) is 1.27. The Balaban J connectivity index is 2.33. The van der Waals surface area contributed by atoms with Crippen LogP contribution in [0.4, 0.5) is 0 Å². The molecule has 0 spiro atoms. The summed E-state index contributed by atoms with van der Waals surface area (Å²) in [5, 5.41) is 0.588. The van der Waals surface area contributed by atoms with Gasteiger partial charge < -0.3 is 9.72 Å². The number of rotatable bonds is 2. The van der Waals surface area contributed by atoms with Gasteiger partial charge in [0.15, 0.2) is 0 Å². The largest absolute Gasteiger partial charge is 0.496 e. The van der Waals surface area contributed by atoms with E-state index in [0.29, 0.717) is 16.7 Å². The van der Waals surface area contributed by atoms with Crippen molar-refractivity contribution in [1.82, 2.24) is 9.97 Å². The molecule has 3 aromatic rings. The molecular formula is C17H16N2O2. The molecule has 0 fully saturated rings. The Kier molecular flexibility index (Phi) is 3.22. The molecule has 0 unspecified atom stereocenters. The first-order valence-corrected chi connectivity index (χ1v) is 6.75. The molecule has 3 rings (SSSR count). The van der Waals surface area contributed by atoms with E-state index in [9.17, 15) is 4.79 Å². The Bertz CT molecular complexity index is 882. The van der Waals surface area contributed by atoms with Crippen LogP contribution in [0.15, 0.2) is 41.2 Å². The number of nitrogens with zero attached hydrogens (tertiary/aromatic N) is 1. The van der Waals surface area contributed by atoms with Gasteiger partial charge in [-0.15, -0.1) is 0 Å². The van der Waals surface area contributed by atoms with E-state index in [1.54, 1.807) is 13.2 Å². The fraction of sp³-hybridized carbons (Fsp3) is 0.176. The molecule has 4 heteroatoms. The molecule has 1 heterocycles. The molecule has 1 aromatic heterocycles. The van der Waals surface area contributed by atoms with Gasteiger partial charge in [0.25, 0.3) is 5.56 Å². The second kappa shape index (κ2) is 5.05. The van der Waals surface area contributed by atoms with E-state index in [1.807, 2.05) is 44.2 Å². The molecular weight excluding hydrogens is 264 g/mol. The SMILES string of the molecule is COc1c(C)cc(C)cc1-c1nc2ccccc2c(=O)[nH]1. The van der Waals surface area contributed by atoms with Crippen molar-refractivity contribution < 1.29 is 4.74 Å². The van der Waals surface area contributed by atoms with Gasteiger partial charge in [-0.25, -0.2) is 4.98 Å². The lowest BCUT2D eigenvalue weighted by Gasteiger charge is -2.12. The number of H-pyrrole nitrogens is 1. The molecule has 4 nitrogen and oxygen atoms in total. The molecule has 2 aromatic carbocycles. The van der Waals surface area contributed by atoms with Crippen molar-refractivity contribution in [3.05, 3.63) is 57.9 Å². The zero-order valence-electron chi connectivity index (χ0n) is 12.2. The Morgan fingerprint density at radius 1 is 1.14 bits per heavy atom. The van der Waals surface area contributed by atoms with Crippen molar-refractivity contribution in [2.24, 2.45) is 0 Å². The van der Waals surface area contributed by atoms with Crippen LogP contribution in [0.25, 0.3) is 22.3 Å². The summed E-state index contributed by atoms with van der Waals surface area (Å²) in [7, 11) is 1.63. The highest BCUT2D eigenvalue weighted by Crippen LogP contribution is 2.32. The molecule has 0 aliphatic rings. The number of aromatic nitrogens is 2. The molecule has 1 N–H and O–H groups in total.